The van der Waals surface area contributed by atoms with Gasteiger partial charge in [-0.1, -0.05) is 17.0 Å². The molecule has 0 aliphatic carbocycles. The highest BCUT2D eigenvalue weighted by molar-refractivity contribution is 4.98. The zero-order valence-electron chi connectivity index (χ0n) is 7.85. The molecule has 0 fully saturated rings. The molecule has 0 aromatic rings. The third-order valence-corrected chi connectivity index (χ3v) is 1.15. The Kier molecular flexibility index (Phi) is 10.7. The van der Waals surface area contributed by atoms with Crippen molar-refractivity contribution in [3.8, 4) is 11.8 Å². The van der Waals surface area contributed by atoms with Crippen molar-refractivity contribution in [1.82, 2.24) is 0 Å². The molecule has 1 N–H and O–H groups in total. The van der Waals surface area contributed by atoms with Crippen molar-refractivity contribution in [1.29, 1.82) is 0 Å². The SMILES string of the molecule is [N-]=[N+]=NCCOCCOCC#CCO. The lowest BCUT2D eigenvalue weighted by molar-refractivity contribution is 0.0636. The minimum atomic E-state index is -0.147. The molecule has 0 saturated carbocycles. The topological polar surface area (TPSA) is 87.5 Å². The summed E-state index contributed by atoms with van der Waals surface area (Å²) in [5.74, 6) is 5.05. The average molecular weight is 199 g/mol. The van der Waals surface area contributed by atoms with Crippen molar-refractivity contribution in [2.24, 2.45) is 5.11 Å². The van der Waals surface area contributed by atoms with Crippen molar-refractivity contribution in [2.45, 2.75) is 0 Å². The number of azide groups is 1. The van der Waals surface area contributed by atoms with E-state index in [4.69, 9.17) is 20.1 Å². The molecule has 0 aliphatic heterocycles. The van der Waals surface area contributed by atoms with E-state index in [2.05, 4.69) is 21.9 Å². The first-order valence-corrected chi connectivity index (χ1v) is 4.14. The van der Waals surface area contributed by atoms with E-state index in [0.29, 0.717) is 33.0 Å². The molecule has 0 bridgehead atoms. The van der Waals surface area contributed by atoms with Gasteiger partial charge in [-0.3, -0.25) is 0 Å². The van der Waals surface area contributed by atoms with Crippen molar-refractivity contribution < 1.29 is 14.6 Å². The molecule has 78 valence electrons. The maximum atomic E-state index is 8.30. The highest BCUT2D eigenvalue weighted by atomic mass is 16.5. The van der Waals surface area contributed by atoms with Crippen LogP contribution in [0.15, 0.2) is 5.11 Å². The van der Waals surface area contributed by atoms with Crippen LogP contribution in [-0.4, -0.2) is 44.7 Å². The standard InChI is InChI=1S/C8H13N3O3/c9-11-10-3-6-14-8-7-13-5-2-1-4-12/h12H,3-8H2. The third-order valence-electron chi connectivity index (χ3n) is 1.15. The molecular weight excluding hydrogens is 186 g/mol. The maximum absolute atomic E-state index is 8.30. The van der Waals surface area contributed by atoms with E-state index in [1.807, 2.05) is 0 Å². The van der Waals surface area contributed by atoms with Gasteiger partial charge in [-0.2, -0.15) is 0 Å². The monoisotopic (exact) mass is 199 g/mol. The number of ether oxygens (including phenoxy) is 2. The fourth-order valence-electron chi connectivity index (χ4n) is 0.600. The first kappa shape index (κ1) is 12.8. The van der Waals surface area contributed by atoms with E-state index in [-0.39, 0.29) is 6.61 Å². The van der Waals surface area contributed by atoms with Crippen molar-refractivity contribution in [3.05, 3.63) is 10.4 Å². The summed E-state index contributed by atoms with van der Waals surface area (Å²) in [6.07, 6.45) is 0. The van der Waals surface area contributed by atoms with E-state index < -0.39 is 0 Å². The van der Waals surface area contributed by atoms with Gasteiger partial charge in [-0.05, 0) is 5.53 Å². The van der Waals surface area contributed by atoms with Gasteiger partial charge in [-0.15, -0.1) is 0 Å². The smallest absolute Gasteiger partial charge is 0.107 e. The summed E-state index contributed by atoms with van der Waals surface area (Å²) in [7, 11) is 0. The van der Waals surface area contributed by atoms with Crippen molar-refractivity contribution in [2.75, 3.05) is 39.6 Å². The first-order valence-electron chi connectivity index (χ1n) is 4.14. The van der Waals surface area contributed by atoms with Gasteiger partial charge >= 0.3 is 0 Å². The van der Waals surface area contributed by atoms with E-state index in [0.717, 1.165) is 0 Å². The van der Waals surface area contributed by atoms with Crippen LogP contribution in [0.5, 0.6) is 0 Å². The summed E-state index contributed by atoms with van der Waals surface area (Å²) in [5.41, 5.74) is 7.93. The molecular formula is C8H13N3O3. The zero-order chi connectivity index (χ0) is 10.5. The van der Waals surface area contributed by atoms with Crippen molar-refractivity contribution in [3.63, 3.8) is 0 Å². The number of rotatable bonds is 7. The summed E-state index contributed by atoms with van der Waals surface area (Å²) in [4.78, 5) is 2.58. The largest absolute Gasteiger partial charge is 0.384 e. The summed E-state index contributed by atoms with van der Waals surface area (Å²) in [6, 6.07) is 0. The highest BCUT2D eigenvalue weighted by Gasteiger charge is 1.86. The minimum Gasteiger partial charge on any atom is -0.384 e. The second kappa shape index (κ2) is 11.8. The molecule has 0 heterocycles. The third kappa shape index (κ3) is 10.8. The minimum absolute atomic E-state index is 0.147. The van der Waals surface area contributed by atoms with E-state index >= 15 is 0 Å². The Hall–Kier alpha value is -1.25. The van der Waals surface area contributed by atoms with Crippen LogP contribution < -0.4 is 0 Å². The second-order valence-electron chi connectivity index (χ2n) is 2.13. The normalized spacial score (nSPS) is 8.64. The summed E-state index contributed by atoms with van der Waals surface area (Å²) in [5, 5.41) is 11.6. The van der Waals surface area contributed by atoms with Crippen LogP contribution in [0.3, 0.4) is 0 Å². The van der Waals surface area contributed by atoms with Gasteiger partial charge in [0.1, 0.15) is 13.2 Å². The molecule has 0 radical (unpaired) electrons. The van der Waals surface area contributed by atoms with Crippen LogP contribution in [0.1, 0.15) is 0 Å². The second-order valence-corrected chi connectivity index (χ2v) is 2.13. The molecule has 6 heteroatoms. The number of hydrogen-bond donors (Lipinski definition) is 1. The number of hydrogen-bond acceptors (Lipinski definition) is 4. The van der Waals surface area contributed by atoms with Crippen LogP contribution in [-0.2, 0) is 9.47 Å². The molecule has 0 amide bonds. The van der Waals surface area contributed by atoms with Gasteiger partial charge in [0.2, 0.25) is 0 Å². The van der Waals surface area contributed by atoms with Crippen LogP contribution in [0.4, 0.5) is 0 Å². The fourth-order valence-corrected chi connectivity index (χ4v) is 0.600. The molecule has 0 unspecified atom stereocenters. The Morgan fingerprint density at radius 2 is 2.00 bits per heavy atom. The lowest BCUT2D eigenvalue weighted by Crippen LogP contribution is -2.06. The molecule has 0 spiro atoms. The lowest BCUT2D eigenvalue weighted by atomic mass is 10.6. The van der Waals surface area contributed by atoms with E-state index in [9.17, 15) is 0 Å². The fraction of sp³-hybridized carbons (Fsp3) is 0.750. The summed E-state index contributed by atoms with van der Waals surface area (Å²) in [6.45, 7) is 1.76. The maximum Gasteiger partial charge on any atom is 0.107 e. The quantitative estimate of drug-likeness (QED) is 0.210. The Labute approximate surface area is 82.4 Å². The predicted octanol–water partition coefficient (Wildman–Crippen LogP) is 0.326. The van der Waals surface area contributed by atoms with E-state index in [1.165, 1.54) is 0 Å². The van der Waals surface area contributed by atoms with Gasteiger partial charge in [0.25, 0.3) is 0 Å². The summed E-state index contributed by atoms with van der Waals surface area (Å²) >= 11 is 0. The molecule has 0 aliphatic rings. The Balaban J connectivity index is 3.02. The van der Waals surface area contributed by atoms with Crippen molar-refractivity contribution >= 4 is 0 Å². The molecule has 0 aromatic carbocycles. The molecule has 6 nitrogen and oxygen atoms in total. The molecule has 14 heavy (non-hydrogen) atoms. The van der Waals surface area contributed by atoms with Gasteiger partial charge in [-0.25, -0.2) is 0 Å². The van der Waals surface area contributed by atoms with Gasteiger partial charge < -0.3 is 14.6 Å². The molecule has 0 rings (SSSR count). The van der Waals surface area contributed by atoms with Crippen LogP contribution in [0.2, 0.25) is 0 Å². The Morgan fingerprint density at radius 1 is 1.21 bits per heavy atom. The van der Waals surface area contributed by atoms with Crippen LogP contribution >= 0.6 is 0 Å². The number of aliphatic hydroxyl groups is 1. The summed E-state index contributed by atoms with van der Waals surface area (Å²) < 4.78 is 10.1. The molecule has 0 atom stereocenters. The van der Waals surface area contributed by atoms with Gasteiger partial charge in [0, 0.05) is 11.5 Å². The number of aliphatic hydroxyl groups excluding tert-OH is 1. The number of nitrogens with zero attached hydrogens (tertiary/aromatic N) is 3. The van der Waals surface area contributed by atoms with Crippen LogP contribution in [0, 0.1) is 11.8 Å². The van der Waals surface area contributed by atoms with E-state index in [1.54, 1.807) is 0 Å². The lowest BCUT2D eigenvalue weighted by Gasteiger charge is -2.00. The van der Waals surface area contributed by atoms with Gasteiger partial charge in [0.15, 0.2) is 0 Å². The molecule has 0 saturated heterocycles. The molecule has 0 aromatic heterocycles. The highest BCUT2D eigenvalue weighted by Crippen LogP contribution is 1.79. The average Bonchev–Trinajstić information content (AvgIpc) is 2.21. The van der Waals surface area contributed by atoms with Gasteiger partial charge in [0.05, 0.1) is 19.8 Å². The Morgan fingerprint density at radius 3 is 2.71 bits per heavy atom. The predicted molar refractivity (Wildman–Crippen MR) is 50.5 cm³/mol. The Bertz CT molecular complexity index is 228. The zero-order valence-corrected chi connectivity index (χ0v) is 7.85. The van der Waals surface area contributed by atoms with Crippen LogP contribution in [0.25, 0.3) is 10.4 Å². The first-order chi connectivity index (χ1) is 6.91.